The van der Waals surface area contributed by atoms with Crippen molar-refractivity contribution < 1.29 is 0 Å². The molecule has 0 saturated heterocycles. The molecule has 0 aliphatic carbocycles. The summed E-state index contributed by atoms with van der Waals surface area (Å²) >= 11 is 2.34. The number of nitrogens with one attached hydrogen (secondary N) is 1. The van der Waals surface area contributed by atoms with Gasteiger partial charge in [-0.25, -0.2) is 0 Å². The van der Waals surface area contributed by atoms with E-state index >= 15 is 0 Å². The van der Waals surface area contributed by atoms with Gasteiger partial charge in [0, 0.05) is 21.3 Å². The molecule has 1 rings (SSSR count). The van der Waals surface area contributed by atoms with Crippen molar-refractivity contribution in [3.8, 4) is 0 Å². The van der Waals surface area contributed by atoms with Gasteiger partial charge in [0.05, 0.1) is 0 Å². The van der Waals surface area contributed by atoms with E-state index in [0.29, 0.717) is 6.04 Å². The molecule has 0 aliphatic heterocycles. The Bertz CT molecular complexity index is 310. The largest absolute Gasteiger partial charge is 0.381 e. The molecular formula is C11H17IN2. The molecule has 0 saturated carbocycles. The minimum Gasteiger partial charge on any atom is -0.381 e. The molecule has 0 fully saturated rings. The van der Waals surface area contributed by atoms with Gasteiger partial charge < -0.3 is 11.1 Å². The Morgan fingerprint density at radius 2 is 2.00 bits per heavy atom. The second kappa shape index (κ2) is 4.98. The summed E-state index contributed by atoms with van der Waals surface area (Å²) in [4.78, 5) is 0. The second-order valence-corrected chi connectivity index (χ2v) is 4.87. The number of hydrogen-bond donors (Lipinski definition) is 2. The van der Waals surface area contributed by atoms with E-state index in [-0.39, 0.29) is 6.04 Å². The van der Waals surface area contributed by atoms with Crippen molar-refractivity contribution in [1.29, 1.82) is 0 Å². The van der Waals surface area contributed by atoms with Crippen LogP contribution >= 0.6 is 22.6 Å². The summed E-state index contributed by atoms with van der Waals surface area (Å²) < 4.78 is 1.28. The molecule has 2 atom stereocenters. The lowest BCUT2D eigenvalue weighted by molar-refractivity contribution is 0.638. The smallest absolute Gasteiger partial charge is 0.0383 e. The summed E-state index contributed by atoms with van der Waals surface area (Å²) in [6.07, 6.45) is 0. The van der Waals surface area contributed by atoms with E-state index in [4.69, 9.17) is 5.73 Å². The SMILES string of the molecule is Cc1c(I)cccc1NC(C)C(C)N. The molecule has 14 heavy (non-hydrogen) atoms. The zero-order chi connectivity index (χ0) is 10.7. The highest BCUT2D eigenvalue weighted by atomic mass is 127. The zero-order valence-corrected chi connectivity index (χ0v) is 11.0. The Hall–Kier alpha value is -0.290. The maximum Gasteiger partial charge on any atom is 0.0383 e. The molecule has 2 unspecified atom stereocenters. The lowest BCUT2D eigenvalue weighted by Gasteiger charge is -2.20. The van der Waals surface area contributed by atoms with Gasteiger partial charge in [0.25, 0.3) is 0 Å². The zero-order valence-electron chi connectivity index (χ0n) is 8.84. The second-order valence-electron chi connectivity index (χ2n) is 3.70. The van der Waals surface area contributed by atoms with Crippen LogP contribution in [0.5, 0.6) is 0 Å². The third kappa shape index (κ3) is 2.85. The van der Waals surface area contributed by atoms with Crippen molar-refractivity contribution in [2.45, 2.75) is 32.9 Å². The van der Waals surface area contributed by atoms with Gasteiger partial charge in [-0.3, -0.25) is 0 Å². The van der Waals surface area contributed by atoms with Crippen LogP contribution in [-0.4, -0.2) is 12.1 Å². The number of halogens is 1. The van der Waals surface area contributed by atoms with Crippen LogP contribution in [0.1, 0.15) is 19.4 Å². The standard InChI is InChI=1S/C11H17IN2/c1-7-10(12)5-4-6-11(7)14-9(3)8(2)13/h4-6,8-9,14H,13H2,1-3H3. The molecule has 1 aromatic carbocycles. The number of anilines is 1. The van der Waals surface area contributed by atoms with E-state index in [1.807, 2.05) is 6.92 Å². The van der Waals surface area contributed by atoms with E-state index in [9.17, 15) is 0 Å². The Morgan fingerprint density at radius 1 is 1.36 bits per heavy atom. The third-order valence-corrected chi connectivity index (χ3v) is 3.61. The van der Waals surface area contributed by atoms with E-state index in [2.05, 4.69) is 60.0 Å². The van der Waals surface area contributed by atoms with Crippen LogP contribution in [0.25, 0.3) is 0 Å². The van der Waals surface area contributed by atoms with Crippen LogP contribution < -0.4 is 11.1 Å². The Morgan fingerprint density at radius 3 is 2.57 bits per heavy atom. The maximum absolute atomic E-state index is 5.81. The fourth-order valence-corrected chi connectivity index (χ4v) is 1.64. The van der Waals surface area contributed by atoms with E-state index in [1.165, 1.54) is 14.8 Å². The van der Waals surface area contributed by atoms with Gasteiger partial charge in [-0.1, -0.05) is 6.07 Å². The maximum atomic E-state index is 5.81. The highest BCUT2D eigenvalue weighted by molar-refractivity contribution is 14.1. The molecule has 1 aromatic rings. The lowest BCUT2D eigenvalue weighted by Crippen LogP contribution is -2.35. The highest BCUT2D eigenvalue weighted by Gasteiger charge is 2.08. The predicted octanol–water partition coefficient (Wildman–Crippen LogP) is 2.75. The first-order valence-electron chi connectivity index (χ1n) is 4.79. The van der Waals surface area contributed by atoms with Gasteiger partial charge in [-0.15, -0.1) is 0 Å². The van der Waals surface area contributed by atoms with Crippen LogP contribution in [0, 0.1) is 10.5 Å². The van der Waals surface area contributed by atoms with E-state index in [0.717, 1.165) is 0 Å². The van der Waals surface area contributed by atoms with Crippen molar-refractivity contribution in [1.82, 2.24) is 0 Å². The Labute approximate surface area is 99.4 Å². The Kier molecular flexibility index (Phi) is 4.19. The minimum absolute atomic E-state index is 0.160. The fraction of sp³-hybridized carbons (Fsp3) is 0.455. The number of rotatable bonds is 3. The van der Waals surface area contributed by atoms with Gasteiger partial charge in [0.2, 0.25) is 0 Å². The van der Waals surface area contributed by atoms with Gasteiger partial charge in [0.1, 0.15) is 0 Å². The summed E-state index contributed by atoms with van der Waals surface area (Å²) in [5.41, 5.74) is 8.28. The number of nitrogens with two attached hydrogens (primary N) is 1. The summed E-state index contributed by atoms with van der Waals surface area (Å²) in [6.45, 7) is 6.24. The monoisotopic (exact) mass is 304 g/mol. The summed E-state index contributed by atoms with van der Waals surface area (Å²) in [7, 11) is 0. The van der Waals surface area contributed by atoms with Crippen LogP contribution in [0.15, 0.2) is 18.2 Å². The van der Waals surface area contributed by atoms with Crippen molar-refractivity contribution in [3.05, 3.63) is 27.3 Å². The minimum atomic E-state index is 0.160. The van der Waals surface area contributed by atoms with Crippen molar-refractivity contribution in [2.24, 2.45) is 5.73 Å². The molecule has 78 valence electrons. The average molecular weight is 304 g/mol. The van der Waals surface area contributed by atoms with Crippen LogP contribution in [0.3, 0.4) is 0 Å². The number of hydrogen-bond acceptors (Lipinski definition) is 2. The molecule has 0 amide bonds. The quantitative estimate of drug-likeness (QED) is 0.843. The Balaban J connectivity index is 2.82. The first-order valence-corrected chi connectivity index (χ1v) is 5.87. The van der Waals surface area contributed by atoms with Crippen molar-refractivity contribution in [3.63, 3.8) is 0 Å². The summed E-state index contributed by atoms with van der Waals surface area (Å²) in [6, 6.07) is 6.72. The van der Waals surface area contributed by atoms with Crippen LogP contribution in [-0.2, 0) is 0 Å². The first kappa shape index (κ1) is 11.8. The molecule has 0 spiro atoms. The topological polar surface area (TPSA) is 38.0 Å². The van der Waals surface area contributed by atoms with Gasteiger partial charge in [0.15, 0.2) is 0 Å². The molecule has 0 radical (unpaired) electrons. The summed E-state index contributed by atoms with van der Waals surface area (Å²) in [5, 5.41) is 3.42. The number of benzene rings is 1. The first-order chi connectivity index (χ1) is 6.52. The fourth-order valence-electron chi connectivity index (χ4n) is 1.14. The molecule has 3 heteroatoms. The molecule has 0 heterocycles. The van der Waals surface area contributed by atoms with E-state index in [1.54, 1.807) is 0 Å². The van der Waals surface area contributed by atoms with Crippen molar-refractivity contribution >= 4 is 28.3 Å². The third-order valence-electron chi connectivity index (χ3n) is 2.44. The van der Waals surface area contributed by atoms with Crippen molar-refractivity contribution in [2.75, 3.05) is 5.32 Å². The van der Waals surface area contributed by atoms with E-state index < -0.39 is 0 Å². The van der Waals surface area contributed by atoms with Crippen LogP contribution in [0.2, 0.25) is 0 Å². The molecular weight excluding hydrogens is 287 g/mol. The predicted molar refractivity (Wildman–Crippen MR) is 70.6 cm³/mol. The van der Waals surface area contributed by atoms with Gasteiger partial charge in [-0.2, -0.15) is 0 Å². The normalized spacial score (nSPS) is 14.9. The lowest BCUT2D eigenvalue weighted by atomic mass is 10.1. The van der Waals surface area contributed by atoms with Gasteiger partial charge >= 0.3 is 0 Å². The van der Waals surface area contributed by atoms with Gasteiger partial charge in [-0.05, 0) is 61.1 Å². The molecule has 3 N–H and O–H groups in total. The molecule has 2 nitrogen and oxygen atoms in total. The van der Waals surface area contributed by atoms with Crippen LogP contribution in [0.4, 0.5) is 5.69 Å². The molecule has 0 bridgehead atoms. The molecule has 0 aliphatic rings. The summed E-state index contributed by atoms with van der Waals surface area (Å²) in [5.74, 6) is 0. The highest BCUT2D eigenvalue weighted by Crippen LogP contribution is 2.21. The average Bonchev–Trinajstić information content (AvgIpc) is 2.12. The molecule has 0 aromatic heterocycles.